The highest BCUT2D eigenvalue weighted by atomic mass is 19.1. The van der Waals surface area contributed by atoms with Crippen LogP contribution in [0.5, 0.6) is 0 Å². The first-order chi connectivity index (χ1) is 9.22. The van der Waals surface area contributed by atoms with Crippen LogP contribution in [0.2, 0.25) is 0 Å². The van der Waals surface area contributed by atoms with Crippen LogP contribution in [0.3, 0.4) is 0 Å². The molecule has 106 valence electrons. The Morgan fingerprint density at radius 1 is 1.42 bits per heavy atom. The number of hydrogen-bond acceptors (Lipinski definition) is 2. The van der Waals surface area contributed by atoms with Crippen molar-refractivity contribution < 1.29 is 8.81 Å². The van der Waals surface area contributed by atoms with Gasteiger partial charge in [0.2, 0.25) is 0 Å². The molecule has 0 aliphatic heterocycles. The summed E-state index contributed by atoms with van der Waals surface area (Å²) in [5.74, 6) is 1.61. The molecule has 0 aliphatic carbocycles. The molecular weight excluding hydrogens is 245 g/mol. The lowest BCUT2D eigenvalue weighted by molar-refractivity contribution is 0.470. The molecule has 1 heterocycles. The van der Waals surface area contributed by atoms with Crippen LogP contribution in [-0.4, -0.2) is 32.3 Å². The Kier molecular flexibility index (Phi) is 7.39. The minimum absolute atomic E-state index is 0.326. The predicted molar refractivity (Wildman–Crippen MR) is 76.1 cm³/mol. The number of nitrogens with zero attached hydrogens (tertiary/aromatic N) is 1. The second kappa shape index (κ2) is 9.19. The molecule has 0 spiro atoms. The van der Waals surface area contributed by atoms with Gasteiger partial charge in [0.25, 0.3) is 0 Å². The summed E-state index contributed by atoms with van der Waals surface area (Å²) in [6.45, 7) is 7.25. The highest BCUT2D eigenvalue weighted by Crippen LogP contribution is 1.99. The van der Waals surface area contributed by atoms with Gasteiger partial charge in [-0.25, -0.2) is 4.99 Å². The van der Waals surface area contributed by atoms with E-state index in [2.05, 4.69) is 22.2 Å². The third-order valence-electron chi connectivity index (χ3n) is 2.35. The Balaban J connectivity index is 2.34. The molecule has 0 saturated heterocycles. The molecule has 0 aliphatic rings. The van der Waals surface area contributed by atoms with E-state index < -0.39 is 0 Å². The maximum absolute atomic E-state index is 12.1. The van der Waals surface area contributed by atoms with E-state index in [1.165, 1.54) is 0 Å². The first-order valence-electron chi connectivity index (χ1n) is 6.47. The molecule has 0 radical (unpaired) electrons. The average molecular weight is 267 g/mol. The highest BCUT2D eigenvalue weighted by Gasteiger charge is 2.00. The van der Waals surface area contributed by atoms with Crippen molar-refractivity contribution in [3.8, 4) is 0 Å². The molecule has 0 atom stereocenters. The highest BCUT2D eigenvalue weighted by molar-refractivity contribution is 5.79. The lowest BCUT2D eigenvalue weighted by Gasteiger charge is -2.11. The number of rotatable bonds is 8. The van der Waals surface area contributed by atoms with Gasteiger partial charge in [-0.2, -0.15) is 0 Å². The van der Waals surface area contributed by atoms with Crippen molar-refractivity contribution in [2.45, 2.75) is 19.8 Å². The molecule has 4 nitrogen and oxygen atoms in total. The summed E-state index contributed by atoms with van der Waals surface area (Å²) in [6, 6.07) is 3.80. The largest absolute Gasteiger partial charge is 0.469 e. The van der Waals surface area contributed by atoms with Crippen LogP contribution in [0.1, 0.15) is 19.1 Å². The van der Waals surface area contributed by atoms with Crippen molar-refractivity contribution in [1.29, 1.82) is 0 Å². The molecule has 0 amide bonds. The van der Waals surface area contributed by atoms with Gasteiger partial charge in [-0.1, -0.05) is 12.2 Å². The average Bonchev–Trinajstić information content (AvgIpc) is 2.88. The molecule has 0 unspecified atom stereocenters. The Labute approximate surface area is 113 Å². The fraction of sp³-hybridized carbons (Fsp3) is 0.500. The van der Waals surface area contributed by atoms with Crippen LogP contribution in [-0.2, 0) is 6.42 Å². The molecule has 5 heteroatoms. The maximum atomic E-state index is 12.1. The summed E-state index contributed by atoms with van der Waals surface area (Å²) in [5.41, 5.74) is 0.984. The van der Waals surface area contributed by atoms with Gasteiger partial charge in [0.1, 0.15) is 5.76 Å². The zero-order valence-corrected chi connectivity index (χ0v) is 11.4. The first-order valence-corrected chi connectivity index (χ1v) is 6.47. The quantitative estimate of drug-likeness (QED) is 0.329. The van der Waals surface area contributed by atoms with E-state index in [4.69, 9.17) is 4.42 Å². The Morgan fingerprint density at radius 2 is 2.21 bits per heavy atom. The number of nitrogens with one attached hydrogen (secondary N) is 2. The number of hydrogen-bond donors (Lipinski definition) is 2. The predicted octanol–water partition coefficient (Wildman–Crippen LogP) is 2.29. The van der Waals surface area contributed by atoms with Crippen molar-refractivity contribution in [3.05, 3.63) is 36.3 Å². The van der Waals surface area contributed by atoms with Crippen molar-refractivity contribution in [2.75, 3.05) is 26.3 Å². The standard InChI is InChI=1S/C14H22FN3O/c1-12(2)11-18-14(16-8-4-7-15)17-9-6-13-5-3-10-19-13/h3,5,10H,1,4,6-9,11H2,2H3,(H2,16,17,18). The van der Waals surface area contributed by atoms with Gasteiger partial charge in [0.15, 0.2) is 5.96 Å². The lowest BCUT2D eigenvalue weighted by atomic mass is 10.3. The molecule has 19 heavy (non-hydrogen) atoms. The molecule has 0 saturated carbocycles. The SMILES string of the molecule is C=C(C)CN=C(NCCCF)NCCc1ccco1. The molecule has 2 N–H and O–H groups in total. The van der Waals surface area contributed by atoms with Gasteiger partial charge in [-0.15, -0.1) is 0 Å². The number of halogens is 1. The van der Waals surface area contributed by atoms with Gasteiger partial charge < -0.3 is 15.1 Å². The van der Waals surface area contributed by atoms with Crippen molar-refractivity contribution >= 4 is 5.96 Å². The summed E-state index contributed by atoms with van der Waals surface area (Å²) in [7, 11) is 0. The van der Waals surface area contributed by atoms with Crippen LogP contribution in [0.15, 0.2) is 40.0 Å². The van der Waals surface area contributed by atoms with Gasteiger partial charge in [-0.05, 0) is 25.5 Å². The number of aliphatic imine (C=N–C) groups is 1. The van der Waals surface area contributed by atoms with Gasteiger partial charge in [0, 0.05) is 19.5 Å². The summed E-state index contributed by atoms with van der Waals surface area (Å²) < 4.78 is 17.3. The van der Waals surface area contributed by atoms with Crippen LogP contribution < -0.4 is 10.6 Å². The van der Waals surface area contributed by atoms with Crippen LogP contribution >= 0.6 is 0 Å². The molecule has 0 aromatic carbocycles. The fourth-order valence-electron chi connectivity index (χ4n) is 1.42. The molecule has 1 aromatic heterocycles. The monoisotopic (exact) mass is 267 g/mol. The summed E-state index contributed by atoms with van der Waals surface area (Å²) in [6.07, 6.45) is 2.92. The fourth-order valence-corrected chi connectivity index (χ4v) is 1.42. The molecule has 1 aromatic rings. The van der Waals surface area contributed by atoms with E-state index in [-0.39, 0.29) is 6.67 Å². The van der Waals surface area contributed by atoms with Gasteiger partial charge in [0.05, 0.1) is 19.5 Å². The third-order valence-corrected chi connectivity index (χ3v) is 2.35. The Bertz CT molecular complexity index is 387. The molecular formula is C14H22FN3O. The number of guanidine groups is 1. The Morgan fingerprint density at radius 3 is 2.84 bits per heavy atom. The first kappa shape index (κ1) is 15.3. The lowest BCUT2D eigenvalue weighted by Crippen LogP contribution is -2.39. The maximum Gasteiger partial charge on any atom is 0.191 e. The molecule has 0 fully saturated rings. The minimum Gasteiger partial charge on any atom is -0.469 e. The minimum atomic E-state index is -0.326. The Hall–Kier alpha value is -1.78. The summed E-state index contributed by atoms with van der Waals surface area (Å²) in [4.78, 5) is 4.36. The van der Waals surface area contributed by atoms with Crippen LogP contribution in [0.25, 0.3) is 0 Å². The number of alkyl halides is 1. The van der Waals surface area contributed by atoms with Crippen molar-refractivity contribution in [1.82, 2.24) is 10.6 Å². The van der Waals surface area contributed by atoms with Gasteiger partial charge in [-0.3, -0.25) is 4.39 Å². The van der Waals surface area contributed by atoms with Gasteiger partial charge >= 0.3 is 0 Å². The van der Waals surface area contributed by atoms with E-state index in [1.54, 1.807) is 6.26 Å². The van der Waals surface area contributed by atoms with E-state index in [0.717, 1.165) is 17.8 Å². The van der Waals surface area contributed by atoms with Crippen molar-refractivity contribution in [2.24, 2.45) is 4.99 Å². The number of furan rings is 1. The third kappa shape index (κ3) is 7.28. The second-order valence-electron chi connectivity index (χ2n) is 4.35. The van der Waals surface area contributed by atoms with Crippen LogP contribution in [0, 0.1) is 0 Å². The summed E-state index contributed by atoms with van der Waals surface area (Å²) in [5, 5.41) is 6.27. The zero-order valence-electron chi connectivity index (χ0n) is 11.4. The zero-order chi connectivity index (χ0) is 13.9. The smallest absolute Gasteiger partial charge is 0.191 e. The second-order valence-corrected chi connectivity index (χ2v) is 4.35. The molecule has 1 rings (SSSR count). The topological polar surface area (TPSA) is 49.6 Å². The normalized spacial score (nSPS) is 11.4. The van der Waals surface area contributed by atoms with E-state index in [0.29, 0.717) is 32.0 Å². The van der Waals surface area contributed by atoms with E-state index in [1.807, 2.05) is 19.1 Å². The van der Waals surface area contributed by atoms with Crippen molar-refractivity contribution in [3.63, 3.8) is 0 Å². The van der Waals surface area contributed by atoms with E-state index in [9.17, 15) is 4.39 Å². The molecule has 0 bridgehead atoms. The van der Waals surface area contributed by atoms with E-state index >= 15 is 0 Å². The summed E-state index contributed by atoms with van der Waals surface area (Å²) >= 11 is 0. The van der Waals surface area contributed by atoms with Crippen LogP contribution in [0.4, 0.5) is 4.39 Å².